The largest absolute Gasteiger partial charge is 0.495 e. The number of anilines is 1. The average molecular weight is 303 g/mol. The minimum atomic E-state index is -0.723. The number of rotatable bonds is 2. The summed E-state index contributed by atoms with van der Waals surface area (Å²) in [4.78, 5) is 25.8. The SMILES string of the molecule is COc1cc(F)c(N2C(=O)c3ccccc3C2=O)cc1S. The van der Waals surface area contributed by atoms with Gasteiger partial charge in [0.25, 0.3) is 11.8 Å². The van der Waals surface area contributed by atoms with Gasteiger partial charge in [0.05, 0.1) is 23.9 Å². The van der Waals surface area contributed by atoms with Gasteiger partial charge in [-0.2, -0.15) is 0 Å². The summed E-state index contributed by atoms with van der Waals surface area (Å²) in [7, 11) is 1.39. The lowest BCUT2D eigenvalue weighted by molar-refractivity contribution is 0.0924. The summed E-state index contributed by atoms with van der Waals surface area (Å²) in [6.07, 6.45) is 0. The first-order valence-corrected chi connectivity index (χ1v) is 6.53. The fourth-order valence-corrected chi connectivity index (χ4v) is 2.55. The van der Waals surface area contributed by atoms with Crippen LogP contribution in [0, 0.1) is 5.82 Å². The molecular weight excluding hydrogens is 293 g/mol. The molecule has 0 N–H and O–H groups in total. The van der Waals surface area contributed by atoms with E-state index in [4.69, 9.17) is 4.74 Å². The van der Waals surface area contributed by atoms with E-state index >= 15 is 0 Å². The molecule has 3 rings (SSSR count). The highest BCUT2D eigenvalue weighted by atomic mass is 32.1. The first-order valence-electron chi connectivity index (χ1n) is 6.09. The van der Waals surface area contributed by atoms with Crippen molar-refractivity contribution in [1.29, 1.82) is 0 Å². The molecule has 2 aromatic carbocycles. The van der Waals surface area contributed by atoms with Crippen LogP contribution in [-0.4, -0.2) is 18.9 Å². The topological polar surface area (TPSA) is 46.6 Å². The third-order valence-electron chi connectivity index (χ3n) is 3.28. The van der Waals surface area contributed by atoms with Gasteiger partial charge in [-0.05, 0) is 18.2 Å². The molecule has 6 heteroatoms. The predicted octanol–water partition coefficient (Wildman–Crippen LogP) is 2.92. The van der Waals surface area contributed by atoms with E-state index in [1.165, 1.54) is 13.2 Å². The Morgan fingerprint density at radius 1 is 1.10 bits per heavy atom. The number of hydrogen-bond acceptors (Lipinski definition) is 4. The Morgan fingerprint density at radius 3 is 2.19 bits per heavy atom. The van der Waals surface area contributed by atoms with Crippen molar-refractivity contribution in [2.45, 2.75) is 4.90 Å². The molecule has 2 aromatic rings. The van der Waals surface area contributed by atoms with Crippen LogP contribution in [0.5, 0.6) is 5.75 Å². The number of methoxy groups -OCH3 is 1. The van der Waals surface area contributed by atoms with Gasteiger partial charge >= 0.3 is 0 Å². The maximum absolute atomic E-state index is 14.2. The molecule has 0 bridgehead atoms. The van der Waals surface area contributed by atoms with E-state index in [-0.39, 0.29) is 22.6 Å². The molecule has 0 aromatic heterocycles. The van der Waals surface area contributed by atoms with Crippen molar-refractivity contribution >= 4 is 30.1 Å². The van der Waals surface area contributed by atoms with Crippen LogP contribution in [0.2, 0.25) is 0 Å². The van der Waals surface area contributed by atoms with Crippen LogP contribution in [0.15, 0.2) is 41.3 Å². The van der Waals surface area contributed by atoms with Gasteiger partial charge in [0.1, 0.15) is 5.75 Å². The molecule has 0 spiro atoms. The number of carbonyl (C=O) groups is 2. The number of benzene rings is 2. The predicted molar refractivity (Wildman–Crippen MR) is 77.8 cm³/mol. The molecular formula is C15H10FNO3S. The zero-order valence-electron chi connectivity index (χ0n) is 11.0. The van der Waals surface area contributed by atoms with Gasteiger partial charge < -0.3 is 4.74 Å². The first kappa shape index (κ1) is 13.6. The van der Waals surface area contributed by atoms with Crippen molar-refractivity contribution in [3.63, 3.8) is 0 Å². The molecule has 0 unspecified atom stereocenters. The molecule has 0 radical (unpaired) electrons. The third-order valence-corrected chi connectivity index (χ3v) is 3.63. The fraction of sp³-hybridized carbons (Fsp3) is 0.0667. The number of carbonyl (C=O) groups excluding carboxylic acids is 2. The van der Waals surface area contributed by atoms with Gasteiger partial charge in [-0.15, -0.1) is 12.6 Å². The van der Waals surface area contributed by atoms with Crippen LogP contribution in [0.25, 0.3) is 0 Å². The zero-order valence-corrected chi connectivity index (χ0v) is 11.9. The van der Waals surface area contributed by atoms with E-state index in [1.807, 2.05) is 0 Å². The Bertz CT molecular complexity index is 741. The first-order chi connectivity index (χ1) is 10.0. The molecule has 0 saturated carbocycles. The van der Waals surface area contributed by atoms with E-state index < -0.39 is 17.6 Å². The standard InChI is InChI=1S/C15H10FNO3S/c1-20-12-6-10(16)11(7-13(12)21)17-14(18)8-4-2-3-5-9(8)15(17)19/h2-7,21H,1H3. The molecule has 106 valence electrons. The summed E-state index contributed by atoms with van der Waals surface area (Å²) < 4.78 is 19.1. The number of ether oxygens (including phenoxy) is 1. The second-order valence-corrected chi connectivity index (χ2v) is 4.95. The van der Waals surface area contributed by atoms with Crippen LogP contribution >= 0.6 is 12.6 Å². The van der Waals surface area contributed by atoms with Crippen LogP contribution in [-0.2, 0) is 0 Å². The molecule has 1 heterocycles. The van der Waals surface area contributed by atoms with Crippen LogP contribution in [0.1, 0.15) is 20.7 Å². The summed E-state index contributed by atoms with van der Waals surface area (Å²) >= 11 is 4.17. The van der Waals surface area contributed by atoms with E-state index in [1.54, 1.807) is 24.3 Å². The van der Waals surface area contributed by atoms with Gasteiger partial charge in [0, 0.05) is 11.0 Å². The van der Waals surface area contributed by atoms with E-state index in [2.05, 4.69) is 12.6 Å². The number of amides is 2. The van der Waals surface area contributed by atoms with E-state index in [9.17, 15) is 14.0 Å². The second-order valence-electron chi connectivity index (χ2n) is 4.47. The average Bonchev–Trinajstić information content (AvgIpc) is 2.74. The van der Waals surface area contributed by atoms with Gasteiger partial charge in [-0.25, -0.2) is 9.29 Å². The molecule has 4 nitrogen and oxygen atoms in total. The maximum atomic E-state index is 14.2. The van der Waals surface area contributed by atoms with E-state index in [0.717, 1.165) is 11.0 Å². The van der Waals surface area contributed by atoms with Gasteiger partial charge in [-0.1, -0.05) is 12.1 Å². The third kappa shape index (κ3) is 1.99. The summed E-state index contributed by atoms with van der Waals surface area (Å²) in [5.74, 6) is -1.59. The molecule has 0 saturated heterocycles. The molecule has 0 fully saturated rings. The summed E-state index contributed by atoms with van der Waals surface area (Å²) in [6, 6.07) is 8.79. The minimum absolute atomic E-state index is 0.132. The highest BCUT2D eigenvalue weighted by molar-refractivity contribution is 7.80. The minimum Gasteiger partial charge on any atom is -0.495 e. The lowest BCUT2D eigenvalue weighted by Gasteiger charge is -2.16. The normalized spacial score (nSPS) is 13.6. The smallest absolute Gasteiger partial charge is 0.266 e. The van der Waals surface area contributed by atoms with Crippen molar-refractivity contribution in [2.24, 2.45) is 0 Å². The van der Waals surface area contributed by atoms with Crippen molar-refractivity contribution in [3.8, 4) is 5.75 Å². The zero-order chi connectivity index (χ0) is 15.1. The van der Waals surface area contributed by atoms with Crippen molar-refractivity contribution in [3.05, 3.63) is 53.3 Å². The summed E-state index contributed by atoms with van der Waals surface area (Å²) in [5, 5.41) is 0. The second kappa shape index (κ2) is 4.89. The Hall–Kier alpha value is -2.34. The number of thiol groups is 1. The summed E-state index contributed by atoms with van der Waals surface area (Å²) in [6.45, 7) is 0. The molecule has 0 atom stereocenters. The van der Waals surface area contributed by atoms with Gasteiger partial charge in [0.2, 0.25) is 0 Å². The van der Waals surface area contributed by atoms with E-state index in [0.29, 0.717) is 4.90 Å². The number of halogens is 1. The van der Waals surface area contributed by atoms with Crippen molar-refractivity contribution < 1.29 is 18.7 Å². The highest BCUT2D eigenvalue weighted by Gasteiger charge is 2.37. The van der Waals surface area contributed by atoms with Crippen LogP contribution < -0.4 is 9.64 Å². The fourth-order valence-electron chi connectivity index (χ4n) is 2.28. The number of imide groups is 1. The quantitative estimate of drug-likeness (QED) is 0.685. The van der Waals surface area contributed by atoms with Gasteiger partial charge in [-0.3, -0.25) is 9.59 Å². The Morgan fingerprint density at radius 2 is 1.67 bits per heavy atom. The molecule has 0 aliphatic carbocycles. The Labute approximate surface area is 125 Å². The number of fused-ring (bicyclic) bond motifs is 1. The molecule has 1 aliphatic heterocycles. The molecule has 1 aliphatic rings. The van der Waals surface area contributed by atoms with Gasteiger partial charge in [0.15, 0.2) is 5.82 Å². The highest BCUT2D eigenvalue weighted by Crippen LogP contribution is 2.35. The van der Waals surface area contributed by atoms with Crippen LogP contribution in [0.3, 0.4) is 0 Å². The monoisotopic (exact) mass is 303 g/mol. The Balaban J connectivity index is 2.13. The maximum Gasteiger partial charge on any atom is 0.266 e. The Kier molecular flexibility index (Phi) is 3.17. The summed E-state index contributed by atoms with van der Waals surface area (Å²) in [5.41, 5.74) is 0.392. The lowest BCUT2D eigenvalue weighted by Crippen LogP contribution is -2.30. The number of hydrogen-bond donors (Lipinski definition) is 1. The molecule has 21 heavy (non-hydrogen) atoms. The van der Waals surface area contributed by atoms with Crippen LogP contribution in [0.4, 0.5) is 10.1 Å². The number of nitrogens with zero attached hydrogens (tertiary/aromatic N) is 1. The lowest BCUT2D eigenvalue weighted by atomic mass is 10.1. The van der Waals surface area contributed by atoms with Crippen molar-refractivity contribution in [1.82, 2.24) is 0 Å². The van der Waals surface area contributed by atoms with Crippen molar-refractivity contribution in [2.75, 3.05) is 12.0 Å². The molecule has 2 amide bonds.